The lowest BCUT2D eigenvalue weighted by Crippen LogP contribution is -2.23. The van der Waals surface area contributed by atoms with Crippen LogP contribution >= 0.6 is 0 Å². The van der Waals surface area contributed by atoms with E-state index >= 15 is 0 Å². The van der Waals surface area contributed by atoms with Gasteiger partial charge in [-0.05, 0) is 22.8 Å². The van der Waals surface area contributed by atoms with Crippen molar-refractivity contribution in [2.75, 3.05) is 6.61 Å². The largest absolute Gasteiger partial charge is 0.493 e. The Bertz CT molecular complexity index is 788. The number of rotatable bonds is 5. The molecule has 2 aromatic rings. The van der Waals surface area contributed by atoms with Gasteiger partial charge in [-0.15, -0.1) is 0 Å². The summed E-state index contributed by atoms with van der Waals surface area (Å²) in [7, 11) is -3.56. The van der Waals surface area contributed by atoms with Gasteiger partial charge in [-0.1, -0.05) is 30.3 Å². The highest BCUT2D eigenvalue weighted by Gasteiger charge is 2.19. The van der Waals surface area contributed by atoms with E-state index in [0.29, 0.717) is 18.9 Å². The first-order valence-corrected chi connectivity index (χ1v) is 8.60. The van der Waals surface area contributed by atoms with Gasteiger partial charge in [0.2, 0.25) is 10.0 Å². The van der Waals surface area contributed by atoms with Crippen LogP contribution in [0.3, 0.4) is 0 Å². The second-order valence-corrected chi connectivity index (χ2v) is 6.98. The Labute approximate surface area is 130 Å². The molecule has 0 saturated heterocycles. The Hall–Kier alpha value is -1.89. The van der Waals surface area contributed by atoms with Gasteiger partial charge in [-0.2, -0.15) is 0 Å². The monoisotopic (exact) mass is 318 g/mol. The van der Waals surface area contributed by atoms with Crippen molar-refractivity contribution in [3.63, 3.8) is 0 Å². The maximum atomic E-state index is 12.4. The standard InChI is InChI=1S/C16H18N2O3S/c17-10-12-2-1-3-13(8-12)11-18-22(19,20)15-5-4-14-6-7-21-16(14)9-15/h1-5,8-9,18H,6-7,10-11,17H2. The van der Waals surface area contributed by atoms with E-state index in [1.807, 2.05) is 30.3 Å². The lowest BCUT2D eigenvalue weighted by atomic mass is 10.1. The van der Waals surface area contributed by atoms with Crippen LogP contribution in [0.4, 0.5) is 0 Å². The third kappa shape index (κ3) is 3.14. The first-order valence-electron chi connectivity index (χ1n) is 7.12. The fraction of sp³-hybridized carbons (Fsp3) is 0.250. The Morgan fingerprint density at radius 3 is 2.77 bits per heavy atom. The molecule has 0 saturated carbocycles. The van der Waals surface area contributed by atoms with Crippen molar-refractivity contribution in [1.29, 1.82) is 0 Å². The minimum atomic E-state index is -3.56. The molecular weight excluding hydrogens is 300 g/mol. The smallest absolute Gasteiger partial charge is 0.241 e. The number of ether oxygens (including phenoxy) is 1. The van der Waals surface area contributed by atoms with Crippen molar-refractivity contribution in [2.24, 2.45) is 5.73 Å². The van der Waals surface area contributed by atoms with E-state index in [1.54, 1.807) is 12.1 Å². The van der Waals surface area contributed by atoms with Crippen molar-refractivity contribution >= 4 is 10.0 Å². The first-order chi connectivity index (χ1) is 10.6. The highest BCUT2D eigenvalue weighted by Crippen LogP contribution is 2.27. The topological polar surface area (TPSA) is 81.4 Å². The molecule has 0 unspecified atom stereocenters. The van der Waals surface area contributed by atoms with Crippen LogP contribution in [0, 0.1) is 0 Å². The normalized spacial score (nSPS) is 13.7. The van der Waals surface area contributed by atoms with Gasteiger partial charge in [0, 0.05) is 25.6 Å². The summed E-state index contributed by atoms with van der Waals surface area (Å²) in [6, 6.07) is 12.6. The predicted molar refractivity (Wildman–Crippen MR) is 84.0 cm³/mol. The Morgan fingerprint density at radius 2 is 1.95 bits per heavy atom. The van der Waals surface area contributed by atoms with Gasteiger partial charge >= 0.3 is 0 Å². The van der Waals surface area contributed by atoms with Gasteiger partial charge < -0.3 is 10.5 Å². The molecule has 0 aliphatic carbocycles. The predicted octanol–water partition coefficient (Wildman–Crippen LogP) is 1.56. The Morgan fingerprint density at radius 1 is 1.14 bits per heavy atom. The molecule has 116 valence electrons. The summed E-state index contributed by atoms with van der Waals surface area (Å²) in [5, 5.41) is 0. The molecule has 0 spiro atoms. The third-order valence-electron chi connectivity index (χ3n) is 3.67. The highest BCUT2D eigenvalue weighted by molar-refractivity contribution is 7.89. The first kappa shape index (κ1) is 15.0. The van der Waals surface area contributed by atoms with Crippen LogP contribution in [-0.2, 0) is 29.5 Å². The van der Waals surface area contributed by atoms with E-state index < -0.39 is 10.0 Å². The summed E-state index contributed by atoms with van der Waals surface area (Å²) in [5.41, 5.74) is 8.50. The van der Waals surface area contributed by atoms with Gasteiger partial charge in [-0.25, -0.2) is 13.1 Å². The number of sulfonamides is 1. The van der Waals surface area contributed by atoms with Crippen LogP contribution in [0.1, 0.15) is 16.7 Å². The number of nitrogens with two attached hydrogens (primary N) is 1. The summed E-state index contributed by atoms with van der Waals surface area (Å²) in [5.74, 6) is 0.660. The number of hydrogen-bond acceptors (Lipinski definition) is 4. The van der Waals surface area contributed by atoms with Gasteiger partial charge in [0.15, 0.2) is 0 Å². The number of nitrogens with one attached hydrogen (secondary N) is 1. The summed E-state index contributed by atoms with van der Waals surface area (Å²) in [6.07, 6.45) is 0.828. The molecule has 3 N–H and O–H groups in total. The number of benzene rings is 2. The van der Waals surface area contributed by atoms with Crippen molar-refractivity contribution < 1.29 is 13.2 Å². The molecule has 3 rings (SSSR count). The van der Waals surface area contributed by atoms with E-state index in [2.05, 4.69) is 4.72 Å². The molecular formula is C16H18N2O3S. The average Bonchev–Trinajstić information content (AvgIpc) is 3.01. The van der Waals surface area contributed by atoms with E-state index in [-0.39, 0.29) is 11.4 Å². The molecule has 6 heteroatoms. The Kier molecular flexibility index (Phi) is 4.15. The lowest BCUT2D eigenvalue weighted by Gasteiger charge is -2.09. The summed E-state index contributed by atoms with van der Waals surface area (Å²) >= 11 is 0. The van der Waals surface area contributed by atoms with Crippen LogP contribution in [0.5, 0.6) is 5.75 Å². The molecule has 0 bridgehead atoms. The van der Waals surface area contributed by atoms with Crippen molar-refractivity contribution in [3.05, 3.63) is 59.2 Å². The zero-order valence-corrected chi connectivity index (χ0v) is 12.9. The van der Waals surface area contributed by atoms with E-state index in [4.69, 9.17) is 10.5 Å². The molecule has 0 atom stereocenters. The van der Waals surface area contributed by atoms with Gasteiger partial charge in [0.25, 0.3) is 0 Å². The fourth-order valence-corrected chi connectivity index (χ4v) is 3.47. The minimum absolute atomic E-state index is 0.225. The fourth-order valence-electron chi connectivity index (χ4n) is 2.44. The molecule has 0 amide bonds. The van der Waals surface area contributed by atoms with E-state index in [0.717, 1.165) is 23.1 Å². The maximum absolute atomic E-state index is 12.4. The van der Waals surface area contributed by atoms with Crippen LogP contribution in [0.15, 0.2) is 47.4 Å². The lowest BCUT2D eigenvalue weighted by molar-refractivity contribution is 0.356. The summed E-state index contributed by atoms with van der Waals surface area (Å²) in [6.45, 7) is 1.27. The van der Waals surface area contributed by atoms with Crippen LogP contribution in [0.25, 0.3) is 0 Å². The molecule has 2 aromatic carbocycles. The Balaban J connectivity index is 1.76. The molecule has 0 radical (unpaired) electrons. The molecule has 22 heavy (non-hydrogen) atoms. The van der Waals surface area contributed by atoms with Crippen LogP contribution in [0.2, 0.25) is 0 Å². The molecule has 1 aliphatic rings. The molecule has 5 nitrogen and oxygen atoms in total. The van der Waals surface area contributed by atoms with Crippen molar-refractivity contribution in [1.82, 2.24) is 4.72 Å². The molecule has 1 heterocycles. The zero-order chi connectivity index (χ0) is 15.6. The van der Waals surface area contributed by atoms with Gasteiger partial charge in [-0.3, -0.25) is 0 Å². The van der Waals surface area contributed by atoms with Gasteiger partial charge in [0.05, 0.1) is 11.5 Å². The minimum Gasteiger partial charge on any atom is -0.493 e. The molecule has 0 fully saturated rings. The number of hydrogen-bond donors (Lipinski definition) is 2. The van der Waals surface area contributed by atoms with E-state index in [1.165, 1.54) is 0 Å². The van der Waals surface area contributed by atoms with Crippen LogP contribution in [-0.4, -0.2) is 15.0 Å². The van der Waals surface area contributed by atoms with Gasteiger partial charge in [0.1, 0.15) is 5.75 Å². The quantitative estimate of drug-likeness (QED) is 0.876. The average molecular weight is 318 g/mol. The molecule has 0 aromatic heterocycles. The van der Waals surface area contributed by atoms with Crippen LogP contribution < -0.4 is 15.2 Å². The summed E-state index contributed by atoms with van der Waals surface area (Å²) < 4.78 is 32.8. The molecule has 1 aliphatic heterocycles. The van der Waals surface area contributed by atoms with E-state index in [9.17, 15) is 8.42 Å². The van der Waals surface area contributed by atoms with Crippen molar-refractivity contribution in [2.45, 2.75) is 24.4 Å². The summed E-state index contributed by atoms with van der Waals surface area (Å²) in [4.78, 5) is 0.225. The number of fused-ring (bicyclic) bond motifs is 1. The zero-order valence-electron chi connectivity index (χ0n) is 12.1. The highest BCUT2D eigenvalue weighted by atomic mass is 32.2. The SMILES string of the molecule is NCc1cccc(CNS(=O)(=O)c2ccc3c(c2)OCC3)c1. The van der Waals surface area contributed by atoms with Crippen molar-refractivity contribution in [3.8, 4) is 5.75 Å². The third-order valence-corrected chi connectivity index (χ3v) is 5.07. The maximum Gasteiger partial charge on any atom is 0.241 e. The second kappa shape index (κ2) is 6.08. The second-order valence-electron chi connectivity index (χ2n) is 5.22.